The minimum Gasteiger partial charge on any atom is -0.320 e. The third-order valence-electron chi connectivity index (χ3n) is 3.50. The molecular weight excluding hydrogens is 234 g/mol. The van der Waals surface area contributed by atoms with Gasteiger partial charge in [0.2, 0.25) is 0 Å². The number of hydrogen-bond acceptors (Lipinski definition) is 1. The van der Waals surface area contributed by atoms with E-state index in [1.165, 1.54) is 0 Å². The lowest BCUT2D eigenvalue weighted by Gasteiger charge is -2.03. The van der Waals surface area contributed by atoms with Crippen molar-refractivity contribution in [2.45, 2.75) is 13.8 Å². The van der Waals surface area contributed by atoms with Gasteiger partial charge in [-0.3, -0.25) is 4.79 Å². The van der Waals surface area contributed by atoms with E-state index in [2.05, 4.69) is 11.3 Å². The molecule has 0 fully saturated rings. The van der Waals surface area contributed by atoms with Crippen LogP contribution in [0, 0.1) is 6.92 Å². The van der Waals surface area contributed by atoms with Crippen LogP contribution in [0.1, 0.15) is 23.0 Å². The highest BCUT2D eigenvalue weighted by atomic mass is 16.1. The lowest BCUT2D eigenvalue weighted by atomic mass is 9.99. The van der Waals surface area contributed by atoms with Crippen molar-refractivity contribution in [3.05, 3.63) is 66.0 Å². The van der Waals surface area contributed by atoms with E-state index < -0.39 is 0 Å². The number of ketones is 1. The molecule has 0 atom stereocenters. The van der Waals surface area contributed by atoms with E-state index in [1.807, 2.05) is 54.7 Å². The van der Waals surface area contributed by atoms with Crippen molar-refractivity contribution in [3.63, 3.8) is 0 Å². The van der Waals surface area contributed by atoms with Gasteiger partial charge in [0.05, 0.1) is 11.1 Å². The smallest absolute Gasteiger partial charge is 0.162 e. The summed E-state index contributed by atoms with van der Waals surface area (Å²) in [7, 11) is 0. The molecule has 0 unspecified atom stereocenters. The monoisotopic (exact) mass is 249 g/mol. The first-order chi connectivity index (χ1) is 9.20. The molecule has 1 aromatic carbocycles. The molecule has 0 saturated heterocycles. The van der Waals surface area contributed by atoms with Crippen LogP contribution in [0.5, 0.6) is 0 Å². The Morgan fingerprint density at radius 2 is 1.68 bits per heavy atom. The molecule has 0 aliphatic rings. The number of pyridine rings is 1. The number of hydrogen-bond donors (Lipinski definition) is 0. The quantitative estimate of drug-likeness (QED) is 0.626. The van der Waals surface area contributed by atoms with Crippen LogP contribution in [0.25, 0.3) is 16.6 Å². The Balaban J connectivity index is 2.44. The molecule has 2 heteroatoms. The summed E-state index contributed by atoms with van der Waals surface area (Å²) in [6, 6.07) is 16.0. The van der Waals surface area contributed by atoms with E-state index in [4.69, 9.17) is 0 Å². The van der Waals surface area contributed by atoms with Gasteiger partial charge in [0.15, 0.2) is 5.78 Å². The number of benzene rings is 1. The van der Waals surface area contributed by atoms with Crippen LogP contribution in [0.15, 0.2) is 54.7 Å². The predicted molar refractivity (Wildman–Crippen MR) is 77.6 cm³/mol. The molecule has 3 aromatic rings. The zero-order valence-electron chi connectivity index (χ0n) is 11.1. The highest BCUT2D eigenvalue weighted by Gasteiger charge is 2.19. The Labute approximate surface area is 112 Å². The zero-order valence-corrected chi connectivity index (χ0v) is 11.1. The Bertz CT molecular complexity index is 754. The van der Waals surface area contributed by atoms with Gasteiger partial charge < -0.3 is 4.40 Å². The number of carbonyl (C=O) groups excluding carboxylic acids is 1. The van der Waals surface area contributed by atoms with Crippen molar-refractivity contribution in [3.8, 4) is 11.1 Å². The number of aryl methyl sites for hydroxylation is 1. The highest BCUT2D eigenvalue weighted by molar-refractivity contribution is 6.08. The Morgan fingerprint density at radius 3 is 2.37 bits per heavy atom. The molecule has 94 valence electrons. The van der Waals surface area contributed by atoms with Gasteiger partial charge in [-0.25, -0.2) is 0 Å². The standard InChI is InChI=1S/C17H15NO/c1-12-16(14-8-4-3-5-9-14)17(13(2)19)15-10-6-7-11-18(12)15/h3-11H,1-2H3. The van der Waals surface area contributed by atoms with Gasteiger partial charge in [-0.15, -0.1) is 0 Å². The molecule has 0 aliphatic carbocycles. The van der Waals surface area contributed by atoms with Crippen molar-refractivity contribution >= 4 is 11.3 Å². The number of carbonyl (C=O) groups is 1. The van der Waals surface area contributed by atoms with Crippen molar-refractivity contribution in [1.82, 2.24) is 4.40 Å². The van der Waals surface area contributed by atoms with Crippen LogP contribution in [-0.2, 0) is 0 Å². The molecule has 2 nitrogen and oxygen atoms in total. The first-order valence-corrected chi connectivity index (χ1v) is 6.36. The summed E-state index contributed by atoms with van der Waals surface area (Å²) in [6.07, 6.45) is 2.00. The average molecular weight is 249 g/mol. The molecule has 0 spiro atoms. The fourth-order valence-electron chi connectivity index (χ4n) is 2.68. The van der Waals surface area contributed by atoms with Crippen LogP contribution >= 0.6 is 0 Å². The fraction of sp³-hybridized carbons (Fsp3) is 0.118. The van der Waals surface area contributed by atoms with E-state index in [0.29, 0.717) is 0 Å². The van der Waals surface area contributed by atoms with Crippen LogP contribution in [0.4, 0.5) is 0 Å². The van der Waals surface area contributed by atoms with Crippen LogP contribution < -0.4 is 0 Å². The van der Waals surface area contributed by atoms with Gasteiger partial charge in [-0.1, -0.05) is 36.4 Å². The third-order valence-corrected chi connectivity index (χ3v) is 3.50. The summed E-state index contributed by atoms with van der Waals surface area (Å²) in [6.45, 7) is 3.69. The van der Waals surface area contributed by atoms with Crippen LogP contribution in [-0.4, -0.2) is 10.2 Å². The minimum absolute atomic E-state index is 0.107. The van der Waals surface area contributed by atoms with Gasteiger partial charge in [-0.05, 0) is 31.5 Å². The van der Waals surface area contributed by atoms with Gasteiger partial charge in [0.1, 0.15) is 0 Å². The lowest BCUT2D eigenvalue weighted by molar-refractivity contribution is 0.102. The number of Topliss-reactive ketones (excluding diaryl/α,β-unsaturated/α-hetero) is 1. The Kier molecular flexibility index (Phi) is 2.71. The topological polar surface area (TPSA) is 21.5 Å². The molecule has 19 heavy (non-hydrogen) atoms. The number of nitrogens with zero attached hydrogens (tertiary/aromatic N) is 1. The predicted octanol–water partition coefficient (Wildman–Crippen LogP) is 4.12. The van der Waals surface area contributed by atoms with Crippen LogP contribution in [0.3, 0.4) is 0 Å². The highest BCUT2D eigenvalue weighted by Crippen LogP contribution is 2.32. The Morgan fingerprint density at radius 1 is 1.00 bits per heavy atom. The van der Waals surface area contributed by atoms with Gasteiger partial charge in [0, 0.05) is 17.5 Å². The normalized spacial score (nSPS) is 10.8. The maximum Gasteiger partial charge on any atom is 0.162 e. The second-order valence-corrected chi connectivity index (χ2v) is 4.71. The number of fused-ring (bicyclic) bond motifs is 1. The second-order valence-electron chi connectivity index (χ2n) is 4.71. The average Bonchev–Trinajstić information content (AvgIpc) is 2.74. The van der Waals surface area contributed by atoms with Gasteiger partial charge in [-0.2, -0.15) is 0 Å². The maximum atomic E-state index is 12.1. The summed E-state index contributed by atoms with van der Waals surface area (Å²) in [5.41, 5.74) is 5.02. The third kappa shape index (κ3) is 1.76. The number of rotatable bonds is 2. The van der Waals surface area contributed by atoms with E-state index in [1.54, 1.807) is 6.92 Å². The minimum atomic E-state index is 0.107. The van der Waals surface area contributed by atoms with Crippen molar-refractivity contribution in [2.24, 2.45) is 0 Å². The summed E-state index contributed by atoms with van der Waals surface area (Å²) in [4.78, 5) is 12.1. The molecule has 2 aromatic heterocycles. The van der Waals surface area contributed by atoms with Crippen molar-refractivity contribution < 1.29 is 4.79 Å². The maximum absolute atomic E-state index is 12.1. The van der Waals surface area contributed by atoms with E-state index in [9.17, 15) is 4.79 Å². The first kappa shape index (κ1) is 11.7. The van der Waals surface area contributed by atoms with Crippen LogP contribution in [0.2, 0.25) is 0 Å². The lowest BCUT2D eigenvalue weighted by Crippen LogP contribution is -1.93. The van der Waals surface area contributed by atoms with E-state index in [0.717, 1.165) is 27.9 Å². The summed E-state index contributed by atoms with van der Waals surface area (Å²) >= 11 is 0. The molecule has 2 heterocycles. The fourth-order valence-corrected chi connectivity index (χ4v) is 2.68. The first-order valence-electron chi connectivity index (χ1n) is 6.36. The van der Waals surface area contributed by atoms with E-state index in [-0.39, 0.29) is 5.78 Å². The number of aromatic nitrogens is 1. The molecule has 0 bridgehead atoms. The summed E-state index contributed by atoms with van der Waals surface area (Å²) < 4.78 is 2.08. The molecule has 0 saturated carbocycles. The Hall–Kier alpha value is -2.35. The molecule has 0 aliphatic heterocycles. The molecule has 0 radical (unpaired) electrons. The van der Waals surface area contributed by atoms with Crippen molar-refractivity contribution in [1.29, 1.82) is 0 Å². The van der Waals surface area contributed by atoms with E-state index >= 15 is 0 Å². The summed E-state index contributed by atoms with van der Waals surface area (Å²) in [5, 5.41) is 0. The zero-order chi connectivity index (χ0) is 13.4. The van der Waals surface area contributed by atoms with Crippen molar-refractivity contribution in [2.75, 3.05) is 0 Å². The molecule has 0 amide bonds. The summed E-state index contributed by atoms with van der Waals surface area (Å²) in [5.74, 6) is 0.107. The van der Waals surface area contributed by atoms with Gasteiger partial charge >= 0.3 is 0 Å². The SMILES string of the molecule is CC(=O)c1c(-c2ccccc2)c(C)n2ccccc12. The molecule has 0 N–H and O–H groups in total. The van der Waals surface area contributed by atoms with Gasteiger partial charge in [0.25, 0.3) is 0 Å². The largest absolute Gasteiger partial charge is 0.320 e. The second kappa shape index (κ2) is 4.39. The molecular formula is C17H15NO. The molecule has 3 rings (SSSR count).